The number of rotatable bonds is 2. The lowest BCUT2D eigenvalue weighted by molar-refractivity contribution is 0.248. The first-order chi connectivity index (χ1) is 2.41. The van der Waals surface area contributed by atoms with Crippen molar-refractivity contribution >= 4 is 31.9 Å². The monoisotopic (exact) mass is 202 g/mol. The van der Waals surface area contributed by atoms with Gasteiger partial charge in [0.15, 0.2) is 0 Å². The van der Waals surface area contributed by atoms with Gasteiger partial charge < -0.3 is 4.74 Å². The number of hydrogen-bond acceptors (Lipinski definition) is 1. The van der Waals surface area contributed by atoms with Crippen LogP contribution in [0.4, 0.5) is 0 Å². The molecule has 0 spiro atoms. The minimum atomic E-state index is 0.609. The fourth-order valence-electron chi connectivity index (χ4n) is 0.0292. The molecule has 0 heterocycles. The van der Waals surface area contributed by atoms with E-state index in [0.717, 1.165) is 0 Å². The van der Waals surface area contributed by atoms with Crippen molar-refractivity contribution in [1.29, 1.82) is 0 Å². The van der Waals surface area contributed by atoms with Gasteiger partial charge in [-0.1, -0.05) is 31.9 Å². The quantitative estimate of drug-likeness (QED) is 0.622. The van der Waals surface area contributed by atoms with Crippen LogP contribution in [0, 0.1) is 0 Å². The maximum absolute atomic E-state index is 4.67. The zero-order valence-electron chi connectivity index (χ0n) is 2.58. The molecular formula is C2H4Br2O. The highest BCUT2D eigenvalue weighted by Crippen LogP contribution is 1.85. The third-order valence-electron chi connectivity index (χ3n) is 0.154. The Hall–Kier alpha value is 0.920. The molecule has 3 heteroatoms. The summed E-state index contributed by atoms with van der Waals surface area (Å²) in [5.41, 5.74) is 1.22. The molecule has 0 saturated heterocycles. The van der Waals surface area contributed by atoms with Crippen LogP contribution in [0.5, 0.6) is 0 Å². The highest BCUT2D eigenvalue weighted by Gasteiger charge is 1.67. The van der Waals surface area contributed by atoms with Crippen molar-refractivity contribution in [3.63, 3.8) is 0 Å². The number of halogens is 2. The summed E-state index contributed by atoms with van der Waals surface area (Å²) in [4.78, 5) is 0. The molecule has 0 unspecified atom stereocenters. The van der Waals surface area contributed by atoms with Gasteiger partial charge in [0.05, 0.1) is 0 Å². The molecule has 0 rings (SSSR count). The van der Waals surface area contributed by atoms with E-state index in [0.29, 0.717) is 11.0 Å². The van der Waals surface area contributed by atoms with Gasteiger partial charge in [-0.3, -0.25) is 0 Å². The summed E-state index contributed by atoms with van der Waals surface area (Å²) in [5.74, 6) is 0. The normalized spacial score (nSPS) is 8.40. The minimum Gasteiger partial charge on any atom is -0.359 e. The van der Waals surface area contributed by atoms with Crippen molar-refractivity contribution < 1.29 is 4.74 Å². The van der Waals surface area contributed by atoms with E-state index >= 15 is 0 Å². The Morgan fingerprint density at radius 2 is 1.60 bits per heavy atom. The van der Waals surface area contributed by atoms with Crippen LogP contribution in [0.15, 0.2) is 0 Å². The first-order valence-electron chi connectivity index (χ1n) is 1.11. The van der Waals surface area contributed by atoms with Crippen molar-refractivity contribution in [3.8, 4) is 0 Å². The zero-order valence-corrected chi connectivity index (χ0v) is 5.75. The maximum atomic E-state index is 4.67. The van der Waals surface area contributed by atoms with Crippen LogP contribution in [-0.2, 0) is 4.74 Å². The van der Waals surface area contributed by atoms with Gasteiger partial charge in [0.1, 0.15) is 11.0 Å². The molecule has 0 fully saturated rings. The maximum Gasteiger partial charge on any atom is 0.103 e. The minimum absolute atomic E-state index is 0.609. The average molecular weight is 204 g/mol. The van der Waals surface area contributed by atoms with E-state index in [4.69, 9.17) is 0 Å². The van der Waals surface area contributed by atoms with Crippen LogP contribution in [-0.4, -0.2) is 11.0 Å². The van der Waals surface area contributed by atoms with Crippen molar-refractivity contribution in [2.45, 2.75) is 0 Å². The average Bonchev–Trinajstić information content (AvgIpc) is 1.41. The van der Waals surface area contributed by atoms with Gasteiger partial charge in [0, 0.05) is 0 Å². The Kier molecular flexibility index (Phi) is 5.83. The molecule has 0 aliphatic rings. The van der Waals surface area contributed by atoms with Crippen molar-refractivity contribution in [3.05, 3.63) is 0 Å². The first kappa shape index (κ1) is 5.92. The SMILES string of the molecule is BrCOCBr. The molecule has 0 aromatic heterocycles. The fraction of sp³-hybridized carbons (Fsp3) is 1.00. The van der Waals surface area contributed by atoms with Gasteiger partial charge >= 0.3 is 0 Å². The second kappa shape index (κ2) is 4.92. The zero-order chi connectivity index (χ0) is 4.12. The first-order valence-corrected chi connectivity index (χ1v) is 3.35. The largest absolute Gasteiger partial charge is 0.359 e. The highest BCUT2D eigenvalue weighted by atomic mass is 79.9. The molecule has 0 N–H and O–H groups in total. The summed E-state index contributed by atoms with van der Waals surface area (Å²) in [7, 11) is 0. The van der Waals surface area contributed by atoms with Gasteiger partial charge in [-0.05, 0) is 0 Å². The molecule has 0 saturated carbocycles. The molecule has 0 aromatic carbocycles. The number of alkyl halides is 2. The van der Waals surface area contributed by atoms with Gasteiger partial charge in [-0.2, -0.15) is 0 Å². The van der Waals surface area contributed by atoms with E-state index in [-0.39, 0.29) is 0 Å². The second-order valence-corrected chi connectivity index (χ2v) is 1.34. The Labute approximate surface area is 48.0 Å². The van der Waals surface area contributed by atoms with Gasteiger partial charge in [-0.25, -0.2) is 0 Å². The smallest absolute Gasteiger partial charge is 0.103 e. The fourth-order valence-corrected chi connectivity index (χ4v) is 0.787. The van der Waals surface area contributed by atoms with Crippen LogP contribution < -0.4 is 0 Å². The second-order valence-electron chi connectivity index (χ2n) is 0.422. The summed E-state index contributed by atoms with van der Waals surface area (Å²) in [6.45, 7) is 0. The lowest BCUT2D eigenvalue weighted by Gasteiger charge is -1.83. The summed E-state index contributed by atoms with van der Waals surface area (Å²) in [6.07, 6.45) is 0. The highest BCUT2D eigenvalue weighted by molar-refractivity contribution is 9.09. The molecule has 0 aromatic rings. The molecule has 0 aliphatic carbocycles. The summed E-state index contributed by atoms with van der Waals surface area (Å²) in [6, 6.07) is 0. The number of ether oxygens (including phenoxy) is 1. The van der Waals surface area contributed by atoms with Crippen molar-refractivity contribution in [2.75, 3.05) is 11.0 Å². The van der Waals surface area contributed by atoms with Crippen LogP contribution in [0.2, 0.25) is 0 Å². The van der Waals surface area contributed by atoms with Crippen LogP contribution in [0.1, 0.15) is 0 Å². The van der Waals surface area contributed by atoms with Crippen LogP contribution >= 0.6 is 31.9 Å². The summed E-state index contributed by atoms with van der Waals surface area (Å²) in [5, 5.41) is 0. The number of hydrogen-bond donors (Lipinski definition) is 0. The van der Waals surface area contributed by atoms with E-state index in [1.807, 2.05) is 0 Å². The van der Waals surface area contributed by atoms with Crippen LogP contribution in [0.25, 0.3) is 0 Å². The topological polar surface area (TPSA) is 9.23 Å². The van der Waals surface area contributed by atoms with E-state index in [1.165, 1.54) is 0 Å². The predicted octanol–water partition coefficient (Wildman–Crippen LogP) is 1.71. The Morgan fingerprint density at radius 1 is 1.20 bits per heavy atom. The third-order valence-corrected chi connectivity index (χ3v) is 0.802. The van der Waals surface area contributed by atoms with Gasteiger partial charge in [-0.15, -0.1) is 0 Å². The Bertz CT molecular complexity index is 15.1. The molecule has 1 nitrogen and oxygen atoms in total. The summed E-state index contributed by atoms with van der Waals surface area (Å²) >= 11 is 6.11. The lowest BCUT2D eigenvalue weighted by atomic mass is 11.5. The Morgan fingerprint density at radius 3 is 1.60 bits per heavy atom. The molecule has 0 bridgehead atoms. The molecule has 32 valence electrons. The van der Waals surface area contributed by atoms with E-state index in [9.17, 15) is 0 Å². The lowest BCUT2D eigenvalue weighted by Crippen LogP contribution is -1.76. The molecule has 5 heavy (non-hydrogen) atoms. The molecule has 0 aliphatic heterocycles. The van der Waals surface area contributed by atoms with Crippen LogP contribution in [0.3, 0.4) is 0 Å². The van der Waals surface area contributed by atoms with Crippen molar-refractivity contribution in [2.24, 2.45) is 0 Å². The summed E-state index contributed by atoms with van der Waals surface area (Å²) < 4.78 is 4.67. The standard InChI is InChI=1S/C2H4Br2O/c3-1-5-2-4/h1-2H2. The van der Waals surface area contributed by atoms with Gasteiger partial charge in [0.25, 0.3) is 0 Å². The molecule has 0 atom stereocenters. The molecular weight excluding hydrogens is 200 g/mol. The molecule has 0 radical (unpaired) electrons. The third kappa shape index (κ3) is 4.92. The van der Waals surface area contributed by atoms with E-state index in [1.54, 1.807) is 0 Å². The Balaban J connectivity index is 2.19. The predicted molar refractivity (Wildman–Crippen MR) is 28.7 cm³/mol. The van der Waals surface area contributed by atoms with Crippen molar-refractivity contribution in [1.82, 2.24) is 0 Å². The van der Waals surface area contributed by atoms with E-state index < -0.39 is 0 Å². The van der Waals surface area contributed by atoms with Gasteiger partial charge in [0.2, 0.25) is 0 Å². The molecule has 0 amide bonds. The van der Waals surface area contributed by atoms with E-state index in [2.05, 4.69) is 36.6 Å².